The van der Waals surface area contributed by atoms with Crippen molar-refractivity contribution in [3.05, 3.63) is 46.8 Å². The number of carbonyl (C=O) groups is 3. The van der Waals surface area contributed by atoms with Gasteiger partial charge in [-0.1, -0.05) is 30.3 Å². The second-order valence-corrected chi connectivity index (χ2v) is 8.72. The van der Waals surface area contributed by atoms with Gasteiger partial charge in [-0.05, 0) is 19.5 Å². The lowest BCUT2D eigenvalue weighted by Crippen LogP contribution is -2.57. The van der Waals surface area contributed by atoms with Gasteiger partial charge in [0.2, 0.25) is 11.8 Å². The van der Waals surface area contributed by atoms with Gasteiger partial charge >= 0.3 is 5.97 Å². The van der Waals surface area contributed by atoms with E-state index in [0.717, 1.165) is 18.7 Å². The number of carboxylic acid groups (broad SMARTS) is 1. The van der Waals surface area contributed by atoms with Crippen LogP contribution in [-0.4, -0.2) is 76.4 Å². The van der Waals surface area contributed by atoms with Crippen LogP contribution < -0.4 is 4.90 Å². The minimum absolute atomic E-state index is 0.0459. The van der Waals surface area contributed by atoms with Crippen LogP contribution in [0.2, 0.25) is 0 Å². The minimum Gasteiger partial charge on any atom is -0.479 e. The zero-order chi connectivity index (χ0) is 22.4. The van der Waals surface area contributed by atoms with Gasteiger partial charge < -0.3 is 14.9 Å². The summed E-state index contributed by atoms with van der Waals surface area (Å²) in [5.74, 6) is -1.33. The van der Waals surface area contributed by atoms with Gasteiger partial charge in [-0.25, -0.2) is 9.78 Å². The predicted octanol–water partition coefficient (Wildman–Crippen LogP) is 2.12. The van der Waals surface area contributed by atoms with Crippen LogP contribution in [0.15, 0.2) is 41.2 Å². The molecule has 1 aliphatic heterocycles. The third-order valence-corrected chi connectivity index (χ3v) is 6.23. The maximum Gasteiger partial charge on any atom is 0.330 e. The van der Waals surface area contributed by atoms with Crippen molar-refractivity contribution in [1.29, 1.82) is 0 Å². The normalized spacial score (nSPS) is 16.5. The molecule has 0 saturated carbocycles. The lowest BCUT2D eigenvalue weighted by Gasteiger charge is -2.37. The van der Waals surface area contributed by atoms with E-state index in [-0.39, 0.29) is 25.2 Å². The van der Waals surface area contributed by atoms with Gasteiger partial charge in [-0.2, -0.15) is 0 Å². The van der Waals surface area contributed by atoms with E-state index in [0.29, 0.717) is 18.9 Å². The zero-order valence-electron chi connectivity index (χ0n) is 17.9. The van der Waals surface area contributed by atoms with Crippen LogP contribution in [-0.2, 0) is 20.8 Å². The highest BCUT2D eigenvalue weighted by atomic mass is 32.1. The van der Waals surface area contributed by atoms with Gasteiger partial charge in [0.15, 0.2) is 0 Å². The molecule has 3 rings (SSSR count). The summed E-state index contributed by atoms with van der Waals surface area (Å²) >= 11 is 1.29. The Kier molecular flexibility index (Phi) is 7.40. The molecule has 1 aromatic carbocycles. The number of hydrogen-bond acceptors (Lipinski definition) is 6. The third kappa shape index (κ3) is 5.48. The van der Waals surface area contributed by atoms with Crippen LogP contribution >= 0.6 is 11.3 Å². The molecule has 9 heteroatoms. The fraction of sp³-hybridized carbons (Fsp3) is 0.455. The molecule has 0 aliphatic carbocycles. The van der Waals surface area contributed by atoms with Crippen molar-refractivity contribution in [3.63, 3.8) is 0 Å². The summed E-state index contributed by atoms with van der Waals surface area (Å²) in [7, 11) is 2.01. The lowest BCUT2D eigenvalue weighted by atomic mass is 9.90. The van der Waals surface area contributed by atoms with E-state index in [1.54, 1.807) is 15.8 Å². The molecule has 2 amide bonds. The van der Waals surface area contributed by atoms with Crippen molar-refractivity contribution in [2.24, 2.45) is 0 Å². The largest absolute Gasteiger partial charge is 0.479 e. The monoisotopic (exact) mass is 444 g/mol. The van der Waals surface area contributed by atoms with Crippen LogP contribution in [0.4, 0.5) is 5.82 Å². The molecule has 1 saturated heterocycles. The van der Waals surface area contributed by atoms with Crippen LogP contribution in [0.5, 0.6) is 0 Å². The van der Waals surface area contributed by atoms with Crippen molar-refractivity contribution in [2.45, 2.75) is 31.7 Å². The number of carbonyl (C=O) groups excluding carboxylic acids is 2. The number of hydrogen-bond donors (Lipinski definition) is 1. The number of carboxylic acids is 1. The molecule has 1 aliphatic rings. The van der Waals surface area contributed by atoms with E-state index in [4.69, 9.17) is 0 Å². The van der Waals surface area contributed by atoms with Crippen LogP contribution in [0.1, 0.15) is 25.3 Å². The van der Waals surface area contributed by atoms with Crippen LogP contribution in [0.3, 0.4) is 0 Å². The van der Waals surface area contributed by atoms with Gasteiger partial charge in [-0.15, -0.1) is 11.3 Å². The number of piperazine rings is 1. The molecule has 0 bridgehead atoms. The summed E-state index contributed by atoms with van der Waals surface area (Å²) in [6.07, 6.45) is 0.101. The quantitative estimate of drug-likeness (QED) is 0.670. The van der Waals surface area contributed by atoms with Crippen LogP contribution in [0.25, 0.3) is 0 Å². The number of thiazole rings is 1. The van der Waals surface area contributed by atoms with Gasteiger partial charge in [-0.3, -0.25) is 14.5 Å². The third-order valence-electron chi connectivity index (χ3n) is 5.65. The van der Waals surface area contributed by atoms with Gasteiger partial charge in [0.05, 0.1) is 5.51 Å². The van der Waals surface area contributed by atoms with Crippen molar-refractivity contribution in [2.75, 3.05) is 38.1 Å². The number of rotatable bonds is 8. The van der Waals surface area contributed by atoms with E-state index in [1.807, 2.05) is 37.4 Å². The molecular formula is C22H28N4O4S. The van der Waals surface area contributed by atoms with Crippen molar-refractivity contribution >= 4 is 34.9 Å². The second kappa shape index (κ2) is 10.0. The SMILES string of the molecule is CN1CCN(C(=O)CCC(=O)N(c2cscn2)[C@](C)(Cc2ccccc2)C(=O)O)CC1. The van der Waals surface area contributed by atoms with E-state index in [9.17, 15) is 19.5 Å². The molecule has 2 aromatic rings. The number of aliphatic carboxylic acids is 1. The molecule has 166 valence electrons. The number of benzene rings is 1. The fourth-order valence-electron chi connectivity index (χ4n) is 3.76. The van der Waals surface area contributed by atoms with E-state index >= 15 is 0 Å². The Morgan fingerprint density at radius 2 is 1.81 bits per heavy atom. The summed E-state index contributed by atoms with van der Waals surface area (Å²) in [4.78, 5) is 47.6. The van der Waals surface area contributed by atoms with Gasteiger partial charge in [0.1, 0.15) is 11.4 Å². The molecule has 0 unspecified atom stereocenters. The standard InChI is InChI=1S/C22H28N4O4S/c1-22(21(29)30,14-17-6-4-3-5-7-17)26(18-15-31-16-23-18)20(28)9-8-19(27)25-12-10-24(2)11-13-25/h3-7,15-16H,8-14H2,1-2H3,(H,29,30)/t22-/m1/s1. The minimum atomic E-state index is -1.54. The number of aromatic nitrogens is 1. The van der Waals surface area contributed by atoms with E-state index in [1.165, 1.54) is 23.2 Å². The number of likely N-dealkylation sites (N-methyl/N-ethyl adjacent to an activating group) is 1. The molecule has 1 fully saturated rings. The number of nitrogens with zero attached hydrogens (tertiary/aromatic N) is 4. The Bertz CT molecular complexity index is 897. The van der Waals surface area contributed by atoms with Crippen LogP contribution in [0, 0.1) is 0 Å². The molecule has 31 heavy (non-hydrogen) atoms. The van der Waals surface area contributed by atoms with Crippen molar-refractivity contribution in [3.8, 4) is 0 Å². The first kappa shape index (κ1) is 22.9. The average Bonchev–Trinajstić information content (AvgIpc) is 3.27. The zero-order valence-corrected chi connectivity index (χ0v) is 18.7. The highest BCUT2D eigenvalue weighted by Gasteiger charge is 2.44. The van der Waals surface area contributed by atoms with Gasteiger partial charge in [0.25, 0.3) is 0 Å². The fourth-order valence-corrected chi connectivity index (χ4v) is 4.27. The summed E-state index contributed by atoms with van der Waals surface area (Å²) in [6, 6.07) is 9.20. The molecule has 8 nitrogen and oxygen atoms in total. The Balaban J connectivity index is 1.78. The van der Waals surface area contributed by atoms with E-state index in [2.05, 4.69) is 9.88 Å². The molecule has 1 aromatic heterocycles. The maximum atomic E-state index is 13.3. The molecule has 1 atom stereocenters. The highest BCUT2D eigenvalue weighted by Crippen LogP contribution is 2.29. The van der Waals surface area contributed by atoms with Gasteiger partial charge in [0, 0.05) is 50.8 Å². The molecular weight excluding hydrogens is 416 g/mol. The molecule has 2 heterocycles. The predicted molar refractivity (Wildman–Crippen MR) is 119 cm³/mol. The Labute approximate surface area is 186 Å². The molecule has 0 spiro atoms. The summed E-state index contributed by atoms with van der Waals surface area (Å²) in [5, 5.41) is 11.8. The molecule has 0 radical (unpaired) electrons. The summed E-state index contributed by atoms with van der Waals surface area (Å²) in [6.45, 7) is 4.42. The average molecular weight is 445 g/mol. The lowest BCUT2D eigenvalue weighted by molar-refractivity contribution is -0.144. The summed E-state index contributed by atoms with van der Waals surface area (Å²) in [5.41, 5.74) is 0.827. The highest BCUT2D eigenvalue weighted by molar-refractivity contribution is 7.07. The molecule has 1 N–H and O–H groups in total. The Morgan fingerprint density at radius 1 is 1.13 bits per heavy atom. The number of amides is 2. The van der Waals surface area contributed by atoms with Crippen molar-refractivity contribution < 1.29 is 19.5 Å². The second-order valence-electron chi connectivity index (χ2n) is 8.00. The Hall–Kier alpha value is -2.78. The first-order valence-electron chi connectivity index (χ1n) is 10.3. The summed E-state index contributed by atoms with van der Waals surface area (Å²) < 4.78 is 0. The van der Waals surface area contributed by atoms with Crippen molar-refractivity contribution in [1.82, 2.24) is 14.8 Å². The maximum absolute atomic E-state index is 13.3. The number of anilines is 1. The topological polar surface area (TPSA) is 94.1 Å². The first-order valence-corrected chi connectivity index (χ1v) is 11.2. The van der Waals surface area contributed by atoms with E-state index < -0.39 is 17.4 Å². The smallest absolute Gasteiger partial charge is 0.330 e. The Morgan fingerprint density at radius 3 is 2.39 bits per heavy atom. The first-order chi connectivity index (χ1) is 14.8.